The number of rotatable bonds is 6. The van der Waals surface area contributed by atoms with Crippen molar-refractivity contribution >= 4 is 51.4 Å². The second-order valence-corrected chi connectivity index (χ2v) is 9.54. The molecule has 0 atom stereocenters. The maximum absolute atomic E-state index is 12.8. The number of nitrogens with one attached hydrogen (secondary N) is 1. The van der Waals surface area contributed by atoms with Crippen molar-refractivity contribution in [1.82, 2.24) is 9.58 Å². The number of unbranched alkanes of at least 4 members (excludes halogenated alkanes) is 2. The molecule has 2 aliphatic heterocycles. The van der Waals surface area contributed by atoms with Gasteiger partial charge in [-0.05, 0) is 80.8 Å². The van der Waals surface area contributed by atoms with Crippen LogP contribution in [-0.4, -0.2) is 31.5 Å². The Labute approximate surface area is 197 Å². The molecule has 166 valence electrons. The fourth-order valence-electron chi connectivity index (χ4n) is 3.94. The molecule has 6 nitrogen and oxygen atoms in total. The van der Waals surface area contributed by atoms with E-state index in [4.69, 9.17) is 17.0 Å². The topological polar surface area (TPSA) is 73.8 Å². The largest absolute Gasteiger partial charge is 0.318 e. The van der Waals surface area contributed by atoms with E-state index < -0.39 is 5.91 Å². The number of aryl methyl sites for hydroxylation is 2. The number of hydrogen-bond donors (Lipinski definition) is 1. The summed E-state index contributed by atoms with van der Waals surface area (Å²) >= 11 is 7.63. The zero-order valence-corrected chi connectivity index (χ0v) is 20.3. The van der Waals surface area contributed by atoms with E-state index in [1.54, 1.807) is 6.08 Å². The molecule has 2 aliphatic rings. The van der Waals surface area contributed by atoms with Crippen LogP contribution in [0.5, 0.6) is 0 Å². The van der Waals surface area contributed by atoms with Crippen molar-refractivity contribution in [3.63, 3.8) is 0 Å². The fraction of sp³-hybridized carbons (Fsp3) is 0.333. The molecule has 0 unspecified atom stereocenters. The van der Waals surface area contributed by atoms with Crippen molar-refractivity contribution in [3.8, 4) is 5.69 Å². The number of halogens is 1. The summed E-state index contributed by atoms with van der Waals surface area (Å²) in [5.41, 5.74) is 5.20. The van der Waals surface area contributed by atoms with Crippen LogP contribution in [0.15, 0.2) is 39.9 Å². The molecule has 1 N–H and O–H groups in total. The molecule has 1 aromatic carbocycles. The Morgan fingerprint density at radius 1 is 1.19 bits per heavy atom. The molecule has 3 heterocycles. The number of nitrogens with zero attached hydrogens (tertiary/aromatic N) is 4. The lowest BCUT2D eigenvalue weighted by molar-refractivity contribution is -0.114. The van der Waals surface area contributed by atoms with Gasteiger partial charge in [-0.3, -0.25) is 10.2 Å². The average molecular weight is 468 g/mol. The number of carbonyl (C=O) groups is 1. The summed E-state index contributed by atoms with van der Waals surface area (Å²) in [6.07, 6.45) is 5.90. The van der Waals surface area contributed by atoms with Crippen molar-refractivity contribution in [2.75, 3.05) is 0 Å². The van der Waals surface area contributed by atoms with Crippen molar-refractivity contribution in [1.29, 1.82) is 5.41 Å². The molecule has 8 heteroatoms. The summed E-state index contributed by atoms with van der Waals surface area (Å²) in [5.74, 6) is -0.329. The highest BCUT2D eigenvalue weighted by atomic mass is 35.5. The number of amidine groups is 2. The Morgan fingerprint density at radius 2 is 1.97 bits per heavy atom. The van der Waals surface area contributed by atoms with Gasteiger partial charge in [0.2, 0.25) is 5.17 Å². The van der Waals surface area contributed by atoms with Crippen molar-refractivity contribution < 1.29 is 4.79 Å². The molecule has 1 amide bonds. The number of hydrogen-bond acceptors (Lipinski definition) is 4. The van der Waals surface area contributed by atoms with Crippen LogP contribution in [0.3, 0.4) is 0 Å². The van der Waals surface area contributed by atoms with Crippen LogP contribution in [0.25, 0.3) is 11.8 Å². The smallest absolute Gasteiger partial charge is 0.283 e. The number of carbonyl (C=O) groups excluding carboxylic acids is 1. The van der Waals surface area contributed by atoms with Crippen LogP contribution in [0, 0.1) is 26.2 Å². The molecule has 0 bridgehead atoms. The molecule has 1 aromatic heterocycles. The lowest BCUT2D eigenvalue weighted by Gasteiger charge is -2.20. The van der Waals surface area contributed by atoms with E-state index in [9.17, 15) is 4.79 Å². The number of amides is 1. The molecule has 0 spiro atoms. The first-order valence-corrected chi connectivity index (χ1v) is 11.9. The lowest BCUT2D eigenvalue weighted by atomic mass is 10.1. The van der Waals surface area contributed by atoms with Gasteiger partial charge in [0.15, 0.2) is 5.84 Å². The second-order valence-electron chi connectivity index (χ2n) is 8.06. The summed E-state index contributed by atoms with van der Waals surface area (Å²) < 4.78 is 2.12. The molecular formula is C24H26ClN5OS. The zero-order valence-electron chi connectivity index (χ0n) is 18.7. The van der Waals surface area contributed by atoms with Gasteiger partial charge in [-0.2, -0.15) is 15.1 Å². The van der Waals surface area contributed by atoms with Gasteiger partial charge in [-0.1, -0.05) is 37.4 Å². The van der Waals surface area contributed by atoms with Gasteiger partial charge in [-0.25, -0.2) is 0 Å². The molecule has 2 aromatic rings. The maximum atomic E-state index is 12.8. The SMILES string of the molecule is CCCCCC1=NN2C(=N)C(=Cc3cc(C)n(-c4cc(Cl)ccc4C)c3C)C(=O)N=C2S1. The van der Waals surface area contributed by atoms with Gasteiger partial charge in [0.05, 0.1) is 5.57 Å². The number of hydrazone groups is 1. The van der Waals surface area contributed by atoms with Gasteiger partial charge in [0, 0.05) is 22.1 Å². The van der Waals surface area contributed by atoms with Crippen molar-refractivity contribution in [3.05, 3.63) is 57.4 Å². The van der Waals surface area contributed by atoms with E-state index in [1.165, 1.54) is 16.8 Å². The van der Waals surface area contributed by atoms with Crippen LogP contribution < -0.4 is 0 Å². The van der Waals surface area contributed by atoms with E-state index in [1.807, 2.05) is 45.0 Å². The van der Waals surface area contributed by atoms with Gasteiger partial charge in [-0.15, -0.1) is 0 Å². The maximum Gasteiger partial charge on any atom is 0.283 e. The fourth-order valence-corrected chi connectivity index (χ4v) is 5.04. The Hall–Kier alpha value is -2.64. The third kappa shape index (κ3) is 4.19. The van der Waals surface area contributed by atoms with Gasteiger partial charge < -0.3 is 4.57 Å². The van der Waals surface area contributed by atoms with Crippen LogP contribution in [0.1, 0.15) is 55.1 Å². The van der Waals surface area contributed by atoms with E-state index in [2.05, 4.69) is 21.6 Å². The highest BCUT2D eigenvalue weighted by molar-refractivity contribution is 8.26. The molecule has 0 aliphatic carbocycles. The lowest BCUT2D eigenvalue weighted by Crippen LogP contribution is -2.35. The van der Waals surface area contributed by atoms with E-state index in [0.717, 1.165) is 58.9 Å². The third-order valence-corrected chi connectivity index (χ3v) is 6.88. The standard InChI is InChI=1S/C24H26ClN5OS/c1-5-6-7-8-21-28-30-22(26)19(23(31)27-24(30)32-21)12-17-11-15(3)29(16(17)4)20-13-18(25)10-9-14(20)2/h9-13,26H,5-8H2,1-4H3. The summed E-state index contributed by atoms with van der Waals surface area (Å²) in [6.45, 7) is 8.22. The summed E-state index contributed by atoms with van der Waals surface area (Å²) in [6, 6.07) is 7.82. The first kappa shape index (κ1) is 22.6. The molecule has 0 fully saturated rings. The molecule has 4 rings (SSSR count). The number of thioether (sulfide) groups is 1. The minimum absolute atomic E-state index is 0.0710. The molecular weight excluding hydrogens is 442 g/mol. The predicted octanol–water partition coefficient (Wildman–Crippen LogP) is 6.26. The molecule has 0 radical (unpaired) electrons. The van der Waals surface area contributed by atoms with Crippen LogP contribution >= 0.6 is 23.4 Å². The van der Waals surface area contributed by atoms with E-state index in [-0.39, 0.29) is 11.4 Å². The van der Waals surface area contributed by atoms with E-state index >= 15 is 0 Å². The Balaban J connectivity index is 1.67. The number of fused-ring (bicyclic) bond motifs is 1. The number of benzene rings is 1. The Kier molecular flexibility index (Phi) is 6.40. The van der Waals surface area contributed by atoms with Gasteiger partial charge >= 0.3 is 0 Å². The zero-order chi connectivity index (χ0) is 23.0. The first-order chi connectivity index (χ1) is 15.3. The van der Waals surface area contributed by atoms with Crippen molar-refractivity contribution in [2.24, 2.45) is 10.1 Å². The average Bonchev–Trinajstić information content (AvgIpc) is 3.27. The second kappa shape index (κ2) is 9.08. The Bertz CT molecular complexity index is 1210. The first-order valence-electron chi connectivity index (χ1n) is 10.7. The monoisotopic (exact) mass is 467 g/mol. The summed E-state index contributed by atoms with van der Waals surface area (Å²) in [7, 11) is 0. The molecule has 0 saturated heterocycles. The molecule has 0 saturated carbocycles. The van der Waals surface area contributed by atoms with Crippen LogP contribution in [0.2, 0.25) is 5.02 Å². The minimum atomic E-state index is -0.400. The van der Waals surface area contributed by atoms with Gasteiger partial charge in [0.25, 0.3) is 5.91 Å². The van der Waals surface area contributed by atoms with E-state index in [0.29, 0.717) is 10.2 Å². The normalized spacial score (nSPS) is 17.2. The summed E-state index contributed by atoms with van der Waals surface area (Å²) in [4.78, 5) is 17.0. The van der Waals surface area contributed by atoms with Crippen LogP contribution in [-0.2, 0) is 4.79 Å². The van der Waals surface area contributed by atoms with Crippen molar-refractivity contribution in [2.45, 2.75) is 53.4 Å². The number of aromatic nitrogens is 1. The quantitative estimate of drug-likeness (QED) is 0.402. The highest BCUT2D eigenvalue weighted by Gasteiger charge is 2.35. The van der Waals surface area contributed by atoms with Crippen LogP contribution in [0.4, 0.5) is 0 Å². The minimum Gasteiger partial charge on any atom is -0.318 e. The molecule has 32 heavy (non-hydrogen) atoms. The van der Waals surface area contributed by atoms with Gasteiger partial charge in [0.1, 0.15) is 5.04 Å². The predicted molar refractivity (Wildman–Crippen MR) is 134 cm³/mol. The Morgan fingerprint density at radius 3 is 2.72 bits per heavy atom. The third-order valence-electron chi connectivity index (χ3n) is 5.67. The highest BCUT2D eigenvalue weighted by Crippen LogP contribution is 2.32. The number of aliphatic imine (C=N–C) groups is 1. The summed E-state index contributed by atoms with van der Waals surface area (Å²) in [5, 5.41) is 16.7.